The van der Waals surface area contributed by atoms with E-state index in [9.17, 15) is 5.26 Å². The van der Waals surface area contributed by atoms with Gasteiger partial charge in [0.25, 0.3) is 0 Å². The van der Waals surface area contributed by atoms with Gasteiger partial charge in [0, 0.05) is 23.8 Å². The third-order valence-corrected chi connectivity index (χ3v) is 4.24. The van der Waals surface area contributed by atoms with Crippen molar-refractivity contribution in [2.24, 2.45) is 0 Å². The highest BCUT2D eigenvalue weighted by molar-refractivity contribution is 7.09. The zero-order chi connectivity index (χ0) is 13.9. The first-order valence-corrected chi connectivity index (χ1v) is 7.29. The molecule has 1 aliphatic heterocycles. The minimum Gasteiger partial charge on any atom is -0.367 e. The molecule has 0 bridgehead atoms. The monoisotopic (exact) mass is 286 g/mol. The molecule has 0 saturated carbocycles. The number of pyridine rings is 1. The van der Waals surface area contributed by atoms with Crippen LogP contribution in [0, 0.1) is 18.3 Å². The fourth-order valence-electron chi connectivity index (χ4n) is 2.25. The van der Waals surface area contributed by atoms with Crippen LogP contribution in [0.15, 0.2) is 23.7 Å². The van der Waals surface area contributed by atoms with Crippen molar-refractivity contribution >= 4 is 17.2 Å². The largest absolute Gasteiger partial charge is 0.367 e. The van der Waals surface area contributed by atoms with E-state index in [0.717, 1.165) is 23.1 Å². The molecule has 2 aromatic heterocycles. The SMILES string of the molecule is Cc1csc([C@@H]2CN(c3ncccc3C#N)CCO2)n1. The van der Waals surface area contributed by atoms with Crippen molar-refractivity contribution in [2.45, 2.75) is 13.0 Å². The molecule has 102 valence electrons. The van der Waals surface area contributed by atoms with Gasteiger partial charge in [0.2, 0.25) is 0 Å². The number of hydrogen-bond acceptors (Lipinski definition) is 6. The van der Waals surface area contributed by atoms with Gasteiger partial charge in [-0.1, -0.05) is 0 Å². The standard InChI is InChI=1S/C14H14N4OS/c1-10-9-20-14(17-10)12-8-18(5-6-19-12)13-11(7-15)3-2-4-16-13/h2-4,9,12H,5-6,8H2,1H3/t12-/m0/s1. The topological polar surface area (TPSA) is 62.0 Å². The number of nitrogens with zero attached hydrogens (tertiary/aromatic N) is 4. The minimum atomic E-state index is -0.0454. The zero-order valence-electron chi connectivity index (χ0n) is 11.1. The summed E-state index contributed by atoms with van der Waals surface area (Å²) < 4.78 is 5.80. The van der Waals surface area contributed by atoms with Crippen LogP contribution < -0.4 is 4.90 Å². The highest BCUT2D eigenvalue weighted by Gasteiger charge is 2.26. The van der Waals surface area contributed by atoms with E-state index in [4.69, 9.17) is 4.74 Å². The average molecular weight is 286 g/mol. The van der Waals surface area contributed by atoms with Crippen LogP contribution in [-0.2, 0) is 4.74 Å². The molecule has 0 N–H and O–H groups in total. The molecular weight excluding hydrogens is 272 g/mol. The Hall–Kier alpha value is -1.97. The van der Waals surface area contributed by atoms with Crippen LogP contribution >= 0.6 is 11.3 Å². The Morgan fingerprint density at radius 3 is 3.20 bits per heavy atom. The van der Waals surface area contributed by atoms with Crippen LogP contribution in [0.1, 0.15) is 22.4 Å². The van der Waals surface area contributed by atoms with Gasteiger partial charge in [0.1, 0.15) is 23.0 Å². The van der Waals surface area contributed by atoms with Crippen molar-refractivity contribution in [1.29, 1.82) is 5.26 Å². The van der Waals surface area contributed by atoms with Crippen molar-refractivity contribution in [1.82, 2.24) is 9.97 Å². The highest BCUT2D eigenvalue weighted by atomic mass is 32.1. The van der Waals surface area contributed by atoms with Gasteiger partial charge < -0.3 is 9.64 Å². The van der Waals surface area contributed by atoms with Crippen molar-refractivity contribution in [3.05, 3.63) is 40.0 Å². The zero-order valence-corrected chi connectivity index (χ0v) is 11.9. The molecular formula is C14H14N4OS. The van der Waals surface area contributed by atoms with Gasteiger partial charge in [-0.25, -0.2) is 9.97 Å². The van der Waals surface area contributed by atoms with Gasteiger partial charge in [-0.15, -0.1) is 11.3 Å². The summed E-state index contributed by atoms with van der Waals surface area (Å²) in [6.45, 7) is 4.02. The Bertz CT molecular complexity index is 649. The normalized spacial score (nSPS) is 18.8. The summed E-state index contributed by atoms with van der Waals surface area (Å²) in [6.07, 6.45) is 1.67. The number of anilines is 1. The maximum absolute atomic E-state index is 9.18. The minimum absolute atomic E-state index is 0.0454. The Labute approximate surface area is 121 Å². The summed E-state index contributed by atoms with van der Waals surface area (Å²) in [5.41, 5.74) is 1.62. The summed E-state index contributed by atoms with van der Waals surface area (Å²) in [7, 11) is 0. The smallest absolute Gasteiger partial charge is 0.146 e. The van der Waals surface area contributed by atoms with Crippen LogP contribution in [0.5, 0.6) is 0 Å². The summed E-state index contributed by atoms with van der Waals surface area (Å²) in [6, 6.07) is 5.77. The van der Waals surface area contributed by atoms with Gasteiger partial charge in [-0.05, 0) is 19.1 Å². The second-order valence-corrected chi connectivity index (χ2v) is 5.51. The van der Waals surface area contributed by atoms with E-state index < -0.39 is 0 Å². The molecule has 3 rings (SSSR count). The van der Waals surface area contributed by atoms with Crippen LogP contribution in [0.25, 0.3) is 0 Å². The summed E-state index contributed by atoms with van der Waals surface area (Å²) in [5.74, 6) is 0.733. The molecule has 3 heterocycles. The van der Waals surface area contributed by atoms with Gasteiger partial charge in [-0.3, -0.25) is 0 Å². The summed E-state index contributed by atoms with van der Waals surface area (Å²) in [4.78, 5) is 10.9. The molecule has 20 heavy (non-hydrogen) atoms. The third-order valence-electron chi connectivity index (χ3n) is 3.19. The van der Waals surface area contributed by atoms with E-state index in [1.165, 1.54) is 0 Å². The number of thiazole rings is 1. The molecule has 1 atom stereocenters. The van der Waals surface area contributed by atoms with E-state index in [1.807, 2.05) is 12.3 Å². The van der Waals surface area contributed by atoms with Crippen LogP contribution in [0.3, 0.4) is 0 Å². The number of aryl methyl sites for hydroxylation is 1. The number of hydrogen-bond donors (Lipinski definition) is 0. The van der Waals surface area contributed by atoms with Gasteiger partial charge in [0.15, 0.2) is 0 Å². The van der Waals surface area contributed by atoms with Gasteiger partial charge in [0.05, 0.1) is 18.7 Å². The second-order valence-electron chi connectivity index (χ2n) is 4.62. The molecule has 5 nitrogen and oxygen atoms in total. The van der Waals surface area contributed by atoms with Crippen LogP contribution in [0.4, 0.5) is 5.82 Å². The molecule has 0 amide bonds. The fraction of sp³-hybridized carbons (Fsp3) is 0.357. The number of rotatable bonds is 2. The third kappa shape index (κ3) is 2.50. The Morgan fingerprint density at radius 2 is 2.45 bits per heavy atom. The molecule has 2 aromatic rings. The Balaban J connectivity index is 1.83. The molecule has 1 fully saturated rings. The lowest BCUT2D eigenvalue weighted by molar-refractivity contribution is 0.0393. The molecule has 0 radical (unpaired) electrons. The van der Waals surface area contributed by atoms with Gasteiger partial charge >= 0.3 is 0 Å². The lowest BCUT2D eigenvalue weighted by Crippen LogP contribution is -2.39. The number of aromatic nitrogens is 2. The first-order valence-electron chi connectivity index (χ1n) is 6.41. The molecule has 0 unspecified atom stereocenters. The maximum atomic E-state index is 9.18. The van der Waals surface area contributed by atoms with Gasteiger partial charge in [-0.2, -0.15) is 5.26 Å². The van der Waals surface area contributed by atoms with E-state index in [2.05, 4.69) is 20.9 Å². The van der Waals surface area contributed by atoms with Crippen LogP contribution in [0.2, 0.25) is 0 Å². The van der Waals surface area contributed by atoms with E-state index in [1.54, 1.807) is 29.7 Å². The predicted octanol–water partition coefficient (Wildman–Crippen LogP) is 2.30. The van der Waals surface area contributed by atoms with Crippen LogP contribution in [-0.4, -0.2) is 29.7 Å². The quantitative estimate of drug-likeness (QED) is 0.847. The molecule has 0 aliphatic carbocycles. The number of morpholine rings is 1. The highest BCUT2D eigenvalue weighted by Crippen LogP contribution is 2.28. The van der Waals surface area contributed by atoms with E-state index >= 15 is 0 Å². The Morgan fingerprint density at radius 1 is 1.55 bits per heavy atom. The number of ether oxygens (including phenoxy) is 1. The van der Waals surface area contributed by atoms with Crippen molar-refractivity contribution in [2.75, 3.05) is 24.6 Å². The molecule has 6 heteroatoms. The van der Waals surface area contributed by atoms with Crippen molar-refractivity contribution in [3.63, 3.8) is 0 Å². The first kappa shape index (κ1) is 13.0. The van der Waals surface area contributed by atoms with Crippen molar-refractivity contribution in [3.8, 4) is 6.07 Å². The lowest BCUT2D eigenvalue weighted by Gasteiger charge is -2.33. The molecule has 0 spiro atoms. The predicted molar refractivity (Wildman–Crippen MR) is 76.7 cm³/mol. The lowest BCUT2D eigenvalue weighted by atomic mass is 10.2. The van der Waals surface area contributed by atoms with E-state index in [0.29, 0.717) is 18.7 Å². The summed E-state index contributed by atoms with van der Waals surface area (Å²) in [5, 5.41) is 12.2. The maximum Gasteiger partial charge on any atom is 0.146 e. The fourth-order valence-corrected chi connectivity index (χ4v) is 3.08. The first-order chi connectivity index (χ1) is 9.78. The molecule has 1 aliphatic rings. The van der Waals surface area contributed by atoms with Crippen molar-refractivity contribution < 1.29 is 4.74 Å². The Kier molecular flexibility index (Phi) is 3.63. The average Bonchev–Trinajstić information content (AvgIpc) is 2.94. The molecule has 1 saturated heterocycles. The molecule has 0 aromatic carbocycles. The summed E-state index contributed by atoms with van der Waals surface area (Å²) >= 11 is 1.62. The second kappa shape index (κ2) is 5.57. The number of nitriles is 1. The van der Waals surface area contributed by atoms with E-state index in [-0.39, 0.29) is 6.10 Å².